The lowest BCUT2D eigenvalue weighted by Crippen LogP contribution is -2.64. The van der Waals surface area contributed by atoms with Gasteiger partial charge >= 0.3 is 5.97 Å². The van der Waals surface area contributed by atoms with E-state index in [-0.39, 0.29) is 6.42 Å². The Labute approximate surface area is 113 Å². The summed E-state index contributed by atoms with van der Waals surface area (Å²) < 4.78 is 11.7. The summed E-state index contributed by atoms with van der Waals surface area (Å²) in [5.74, 6) is 0.480. The Morgan fingerprint density at radius 1 is 1.56 bits per heavy atom. The standard InChI is InChI=1S/C12H14BrNO4/c1-17-8-2-3-10(9(13)4-8)18-12(5-11(15)16)6-14-7-12/h2-4,14H,5-7H2,1H3,(H,15,16). The highest BCUT2D eigenvalue weighted by Gasteiger charge is 2.42. The van der Waals surface area contributed by atoms with Gasteiger partial charge in [-0.05, 0) is 34.1 Å². The first-order valence-electron chi connectivity index (χ1n) is 5.50. The van der Waals surface area contributed by atoms with Crippen molar-refractivity contribution < 1.29 is 19.4 Å². The molecular formula is C12H14BrNO4. The first-order chi connectivity index (χ1) is 8.54. The number of methoxy groups -OCH3 is 1. The molecule has 0 radical (unpaired) electrons. The van der Waals surface area contributed by atoms with Crippen molar-refractivity contribution in [3.63, 3.8) is 0 Å². The SMILES string of the molecule is COc1ccc(OC2(CC(=O)O)CNC2)c(Br)c1. The first kappa shape index (κ1) is 13.2. The summed E-state index contributed by atoms with van der Waals surface area (Å²) in [5, 5.41) is 11.9. The Kier molecular flexibility index (Phi) is 3.77. The van der Waals surface area contributed by atoms with Crippen LogP contribution in [-0.4, -0.2) is 36.9 Å². The van der Waals surface area contributed by atoms with Gasteiger partial charge in [-0.15, -0.1) is 0 Å². The van der Waals surface area contributed by atoms with E-state index in [0.717, 1.165) is 4.47 Å². The fourth-order valence-corrected chi connectivity index (χ4v) is 2.28. The van der Waals surface area contributed by atoms with Crippen LogP contribution >= 0.6 is 15.9 Å². The zero-order valence-electron chi connectivity index (χ0n) is 9.90. The summed E-state index contributed by atoms with van der Waals surface area (Å²) in [6.45, 7) is 1.08. The third kappa shape index (κ3) is 2.76. The van der Waals surface area contributed by atoms with Crippen LogP contribution in [0.4, 0.5) is 0 Å². The minimum Gasteiger partial charge on any atom is -0.497 e. The number of hydrogen-bond acceptors (Lipinski definition) is 4. The highest BCUT2D eigenvalue weighted by molar-refractivity contribution is 9.10. The van der Waals surface area contributed by atoms with E-state index in [2.05, 4.69) is 21.2 Å². The Morgan fingerprint density at radius 3 is 2.72 bits per heavy atom. The van der Waals surface area contributed by atoms with Crippen molar-refractivity contribution in [3.05, 3.63) is 22.7 Å². The number of ether oxygens (including phenoxy) is 2. The maximum Gasteiger partial charge on any atom is 0.307 e. The van der Waals surface area contributed by atoms with E-state index in [9.17, 15) is 4.79 Å². The minimum absolute atomic E-state index is 0.0154. The van der Waals surface area contributed by atoms with E-state index in [1.54, 1.807) is 25.3 Å². The van der Waals surface area contributed by atoms with Gasteiger partial charge in [0.05, 0.1) is 18.0 Å². The number of nitrogens with one attached hydrogen (secondary N) is 1. The molecule has 0 atom stereocenters. The quantitative estimate of drug-likeness (QED) is 0.865. The molecular weight excluding hydrogens is 302 g/mol. The van der Waals surface area contributed by atoms with Crippen LogP contribution in [0.5, 0.6) is 11.5 Å². The van der Waals surface area contributed by atoms with E-state index in [1.807, 2.05) is 0 Å². The Hall–Kier alpha value is -1.27. The molecule has 0 amide bonds. The van der Waals surface area contributed by atoms with Crippen LogP contribution in [0.3, 0.4) is 0 Å². The van der Waals surface area contributed by atoms with Gasteiger partial charge in [0.15, 0.2) is 0 Å². The molecule has 18 heavy (non-hydrogen) atoms. The second kappa shape index (κ2) is 5.16. The molecule has 1 aliphatic rings. The number of carbonyl (C=O) groups is 1. The molecule has 0 unspecified atom stereocenters. The summed E-state index contributed by atoms with van der Waals surface area (Å²) in [6, 6.07) is 5.33. The predicted octanol–water partition coefficient (Wildman–Crippen LogP) is 1.65. The second-order valence-corrected chi connectivity index (χ2v) is 5.11. The van der Waals surface area contributed by atoms with Gasteiger partial charge in [-0.1, -0.05) is 0 Å². The van der Waals surface area contributed by atoms with Crippen LogP contribution in [0, 0.1) is 0 Å². The summed E-state index contributed by atoms with van der Waals surface area (Å²) in [5.41, 5.74) is -0.650. The summed E-state index contributed by atoms with van der Waals surface area (Å²) in [6.07, 6.45) is -0.0154. The highest BCUT2D eigenvalue weighted by Crippen LogP contribution is 2.33. The molecule has 6 heteroatoms. The Balaban J connectivity index is 2.14. The van der Waals surface area contributed by atoms with E-state index >= 15 is 0 Å². The van der Waals surface area contributed by atoms with Crippen molar-refractivity contribution in [1.29, 1.82) is 0 Å². The van der Waals surface area contributed by atoms with E-state index in [4.69, 9.17) is 14.6 Å². The van der Waals surface area contributed by atoms with Crippen molar-refractivity contribution in [2.24, 2.45) is 0 Å². The lowest BCUT2D eigenvalue weighted by molar-refractivity contribution is -0.143. The zero-order valence-corrected chi connectivity index (χ0v) is 11.5. The molecule has 5 nitrogen and oxygen atoms in total. The Morgan fingerprint density at radius 2 is 2.28 bits per heavy atom. The number of hydrogen-bond donors (Lipinski definition) is 2. The number of carboxylic acids is 1. The molecule has 2 N–H and O–H groups in total. The van der Waals surface area contributed by atoms with Gasteiger partial charge in [0, 0.05) is 13.1 Å². The number of aliphatic carboxylic acids is 1. The molecule has 1 aromatic rings. The molecule has 0 saturated carbocycles. The summed E-state index contributed by atoms with van der Waals surface area (Å²) >= 11 is 3.39. The molecule has 0 aromatic heterocycles. The van der Waals surface area contributed by atoms with Gasteiger partial charge in [-0.25, -0.2) is 0 Å². The smallest absolute Gasteiger partial charge is 0.307 e. The van der Waals surface area contributed by atoms with Crippen LogP contribution in [0.25, 0.3) is 0 Å². The van der Waals surface area contributed by atoms with Gasteiger partial charge in [-0.2, -0.15) is 0 Å². The monoisotopic (exact) mass is 315 g/mol. The molecule has 1 saturated heterocycles. The molecule has 98 valence electrons. The van der Waals surface area contributed by atoms with Crippen molar-refractivity contribution in [1.82, 2.24) is 5.32 Å². The zero-order chi connectivity index (χ0) is 13.2. The molecule has 1 fully saturated rings. The largest absolute Gasteiger partial charge is 0.497 e. The molecule has 1 heterocycles. The number of carboxylic acid groups (broad SMARTS) is 1. The molecule has 0 aliphatic carbocycles. The first-order valence-corrected chi connectivity index (χ1v) is 6.29. The van der Waals surface area contributed by atoms with Crippen LogP contribution in [0.15, 0.2) is 22.7 Å². The highest BCUT2D eigenvalue weighted by atomic mass is 79.9. The van der Waals surface area contributed by atoms with Crippen molar-refractivity contribution in [2.45, 2.75) is 12.0 Å². The maximum absolute atomic E-state index is 10.8. The fraction of sp³-hybridized carbons (Fsp3) is 0.417. The lowest BCUT2D eigenvalue weighted by Gasteiger charge is -2.41. The molecule has 0 spiro atoms. The van der Waals surface area contributed by atoms with Gasteiger partial charge in [0.1, 0.15) is 17.1 Å². The normalized spacial score (nSPS) is 16.8. The van der Waals surface area contributed by atoms with Crippen molar-refractivity contribution in [2.75, 3.05) is 20.2 Å². The number of benzene rings is 1. The Bertz CT molecular complexity index is 459. The van der Waals surface area contributed by atoms with Gasteiger partial charge in [0.2, 0.25) is 0 Å². The predicted molar refractivity (Wildman–Crippen MR) is 69.2 cm³/mol. The maximum atomic E-state index is 10.8. The van der Waals surface area contributed by atoms with E-state index < -0.39 is 11.6 Å². The fourth-order valence-electron chi connectivity index (χ4n) is 1.84. The summed E-state index contributed by atoms with van der Waals surface area (Å²) in [4.78, 5) is 10.8. The second-order valence-electron chi connectivity index (χ2n) is 4.26. The molecule has 0 bridgehead atoms. The van der Waals surface area contributed by atoms with Crippen molar-refractivity contribution >= 4 is 21.9 Å². The van der Waals surface area contributed by atoms with Gasteiger partial charge in [0.25, 0.3) is 0 Å². The van der Waals surface area contributed by atoms with Crippen molar-refractivity contribution in [3.8, 4) is 11.5 Å². The molecule has 2 rings (SSSR count). The van der Waals surface area contributed by atoms with Crippen LogP contribution in [0.1, 0.15) is 6.42 Å². The molecule has 1 aliphatic heterocycles. The average Bonchev–Trinajstić information content (AvgIpc) is 2.28. The van der Waals surface area contributed by atoms with Crippen LogP contribution < -0.4 is 14.8 Å². The number of rotatable bonds is 5. The van der Waals surface area contributed by atoms with Crippen LogP contribution in [0.2, 0.25) is 0 Å². The average molecular weight is 316 g/mol. The lowest BCUT2D eigenvalue weighted by atomic mass is 9.92. The topological polar surface area (TPSA) is 67.8 Å². The number of halogens is 1. The molecule has 1 aromatic carbocycles. The third-order valence-electron chi connectivity index (χ3n) is 2.83. The third-order valence-corrected chi connectivity index (χ3v) is 3.45. The van der Waals surface area contributed by atoms with E-state index in [1.165, 1.54) is 0 Å². The summed E-state index contributed by atoms with van der Waals surface area (Å²) in [7, 11) is 1.59. The van der Waals surface area contributed by atoms with Gasteiger partial charge in [-0.3, -0.25) is 4.79 Å². The van der Waals surface area contributed by atoms with Crippen LogP contribution in [-0.2, 0) is 4.79 Å². The van der Waals surface area contributed by atoms with Gasteiger partial charge < -0.3 is 19.9 Å². The van der Waals surface area contributed by atoms with E-state index in [0.29, 0.717) is 24.6 Å². The minimum atomic E-state index is -0.860.